The maximum Gasteiger partial charge on any atom is 0.241 e. The van der Waals surface area contributed by atoms with E-state index < -0.39 is 10.0 Å². The van der Waals surface area contributed by atoms with Crippen LogP contribution in [-0.4, -0.2) is 45.1 Å². The van der Waals surface area contributed by atoms with Crippen LogP contribution in [0.3, 0.4) is 0 Å². The van der Waals surface area contributed by atoms with Gasteiger partial charge in [-0.25, -0.2) is 8.42 Å². The van der Waals surface area contributed by atoms with Crippen molar-refractivity contribution in [2.24, 2.45) is 0 Å². The first-order valence-corrected chi connectivity index (χ1v) is 12.8. The van der Waals surface area contributed by atoms with Gasteiger partial charge in [0.15, 0.2) is 0 Å². The average molecular weight is 444 g/mol. The highest BCUT2D eigenvalue weighted by Crippen LogP contribution is 2.23. The Morgan fingerprint density at radius 2 is 1.58 bits per heavy atom. The van der Waals surface area contributed by atoms with Crippen LogP contribution in [0.25, 0.3) is 0 Å². The molecule has 3 rings (SSSR count). The smallest absolute Gasteiger partial charge is 0.241 e. The molecule has 1 saturated heterocycles. The van der Waals surface area contributed by atoms with Crippen LogP contribution < -0.4 is 9.62 Å². The fourth-order valence-corrected chi connectivity index (χ4v) is 4.94. The zero-order chi connectivity index (χ0) is 22.3. The number of benzene rings is 2. The Morgan fingerprint density at radius 3 is 2.23 bits per heavy atom. The van der Waals surface area contributed by atoms with E-state index in [1.807, 2.05) is 37.3 Å². The van der Waals surface area contributed by atoms with Gasteiger partial charge in [0.1, 0.15) is 6.54 Å². The van der Waals surface area contributed by atoms with Crippen molar-refractivity contribution < 1.29 is 13.2 Å². The van der Waals surface area contributed by atoms with E-state index in [4.69, 9.17) is 0 Å². The van der Waals surface area contributed by atoms with Crippen LogP contribution in [0.4, 0.5) is 5.69 Å². The second-order valence-corrected chi connectivity index (χ2v) is 10.0. The first kappa shape index (κ1) is 23.3. The Labute approximate surface area is 186 Å². The molecule has 7 heteroatoms. The number of hydrogen-bond acceptors (Lipinski definition) is 4. The maximum atomic E-state index is 12.7. The van der Waals surface area contributed by atoms with Gasteiger partial charge in [0.05, 0.1) is 11.9 Å². The molecule has 0 aromatic heterocycles. The Bertz CT molecular complexity index is 985. The first-order chi connectivity index (χ1) is 14.9. The van der Waals surface area contributed by atoms with E-state index in [1.54, 1.807) is 12.1 Å². The summed E-state index contributed by atoms with van der Waals surface area (Å²) in [5.41, 5.74) is 3.74. The van der Waals surface area contributed by atoms with Gasteiger partial charge in [-0.2, -0.15) is 0 Å². The number of anilines is 1. The molecule has 1 aliphatic rings. The molecule has 1 N–H and O–H groups in total. The number of sulfonamides is 1. The summed E-state index contributed by atoms with van der Waals surface area (Å²) in [6.07, 6.45) is 5.60. The lowest BCUT2D eigenvalue weighted by molar-refractivity contribution is -0.119. The third kappa shape index (κ3) is 6.55. The van der Waals surface area contributed by atoms with Crippen LogP contribution in [0, 0.1) is 0 Å². The largest absolute Gasteiger partial charge is 0.350 e. The number of rotatable bonds is 9. The lowest BCUT2D eigenvalue weighted by atomic mass is 10.0. The molecule has 31 heavy (non-hydrogen) atoms. The van der Waals surface area contributed by atoms with E-state index in [2.05, 4.69) is 16.3 Å². The molecule has 0 bridgehead atoms. The first-order valence-electron chi connectivity index (χ1n) is 11.0. The Hall–Kier alpha value is -2.38. The van der Waals surface area contributed by atoms with Gasteiger partial charge in [0, 0.05) is 13.1 Å². The fourth-order valence-electron chi connectivity index (χ4n) is 4.06. The van der Waals surface area contributed by atoms with E-state index in [0.717, 1.165) is 37.0 Å². The number of nitrogens with zero attached hydrogens (tertiary/aromatic N) is 2. The molecule has 2 aromatic rings. The molecule has 0 saturated carbocycles. The Kier molecular flexibility index (Phi) is 8.09. The third-order valence-corrected chi connectivity index (χ3v) is 6.89. The highest BCUT2D eigenvalue weighted by atomic mass is 32.2. The standard InChI is InChI=1S/C24H33N3O3S/c1-3-20-11-7-8-14-23(20)27(31(2,29)30)19-24(28)25-17-21-12-5-6-13-22(21)18-26-15-9-4-10-16-26/h5-8,11-14H,3-4,9-10,15-19H2,1-2H3,(H,25,28). The molecule has 1 amide bonds. The number of nitrogens with one attached hydrogen (secondary N) is 1. The summed E-state index contributed by atoms with van der Waals surface area (Å²) in [5, 5.41) is 2.92. The normalized spacial score (nSPS) is 14.9. The van der Waals surface area contributed by atoms with E-state index in [1.165, 1.54) is 29.1 Å². The molecule has 2 aromatic carbocycles. The molecular weight excluding hydrogens is 410 g/mol. The number of aryl methyl sites for hydroxylation is 1. The van der Waals surface area contributed by atoms with Crippen LogP contribution >= 0.6 is 0 Å². The summed E-state index contributed by atoms with van der Waals surface area (Å²) in [7, 11) is -3.59. The number of carbonyl (C=O) groups is 1. The molecule has 0 radical (unpaired) electrons. The van der Waals surface area contributed by atoms with Gasteiger partial charge in [0.25, 0.3) is 0 Å². The Balaban J connectivity index is 1.67. The van der Waals surface area contributed by atoms with Crippen molar-refractivity contribution in [3.8, 4) is 0 Å². The van der Waals surface area contributed by atoms with Gasteiger partial charge in [-0.05, 0) is 55.1 Å². The van der Waals surface area contributed by atoms with Gasteiger partial charge >= 0.3 is 0 Å². The molecule has 0 atom stereocenters. The van der Waals surface area contributed by atoms with E-state index in [9.17, 15) is 13.2 Å². The minimum atomic E-state index is -3.59. The van der Waals surface area contributed by atoms with Gasteiger partial charge < -0.3 is 5.32 Å². The Morgan fingerprint density at radius 1 is 0.968 bits per heavy atom. The summed E-state index contributed by atoms with van der Waals surface area (Å²) in [6.45, 7) is 5.23. The van der Waals surface area contributed by atoms with Crippen LogP contribution in [-0.2, 0) is 34.3 Å². The molecular formula is C24H33N3O3S. The van der Waals surface area contributed by atoms with Crippen molar-refractivity contribution in [3.05, 3.63) is 65.2 Å². The predicted molar refractivity (Wildman–Crippen MR) is 125 cm³/mol. The van der Waals surface area contributed by atoms with Gasteiger partial charge in [0.2, 0.25) is 15.9 Å². The van der Waals surface area contributed by atoms with Crippen molar-refractivity contribution in [3.63, 3.8) is 0 Å². The topological polar surface area (TPSA) is 69.7 Å². The van der Waals surface area contributed by atoms with Crippen molar-refractivity contribution in [1.29, 1.82) is 0 Å². The molecule has 1 heterocycles. The third-order valence-electron chi connectivity index (χ3n) is 5.77. The number of piperidine rings is 1. The highest BCUT2D eigenvalue weighted by molar-refractivity contribution is 7.92. The van der Waals surface area contributed by atoms with E-state index in [0.29, 0.717) is 18.7 Å². The maximum absolute atomic E-state index is 12.7. The molecule has 168 valence electrons. The lowest BCUT2D eigenvalue weighted by Gasteiger charge is -2.27. The van der Waals surface area contributed by atoms with Crippen LogP contribution in [0.5, 0.6) is 0 Å². The second-order valence-electron chi connectivity index (χ2n) is 8.13. The van der Waals surface area contributed by atoms with Crippen molar-refractivity contribution >= 4 is 21.6 Å². The number of hydrogen-bond donors (Lipinski definition) is 1. The van der Waals surface area contributed by atoms with Gasteiger partial charge in [-0.1, -0.05) is 55.8 Å². The van der Waals surface area contributed by atoms with Crippen LogP contribution in [0.15, 0.2) is 48.5 Å². The molecule has 1 fully saturated rings. The van der Waals surface area contributed by atoms with E-state index in [-0.39, 0.29) is 12.5 Å². The summed E-state index contributed by atoms with van der Waals surface area (Å²) < 4.78 is 26.0. The number of amides is 1. The summed E-state index contributed by atoms with van der Waals surface area (Å²) >= 11 is 0. The average Bonchev–Trinajstić information content (AvgIpc) is 2.77. The molecule has 0 aliphatic carbocycles. The summed E-state index contributed by atoms with van der Waals surface area (Å²) in [5.74, 6) is -0.316. The highest BCUT2D eigenvalue weighted by Gasteiger charge is 2.22. The van der Waals surface area contributed by atoms with Crippen molar-refractivity contribution in [2.45, 2.75) is 45.7 Å². The monoisotopic (exact) mass is 443 g/mol. The minimum absolute atomic E-state index is 0.232. The predicted octanol–water partition coefficient (Wildman–Crippen LogP) is 3.32. The van der Waals surface area contributed by atoms with Crippen LogP contribution in [0.2, 0.25) is 0 Å². The molecule has 6 nitrogen and oxygen atoms in total. The summed E-state index contributed by atoms with van der Waals surface area (Å²) in [6, 6.07) is 15.4. The zero-order valence-corrected chi connectivity index (χ0v) is 19.3. The summed E-state index contributed by atoms with van der Waals surface area (Å²) in [4.78, 5) is 15.2. The number of likely N-dealkylation sites (tertiary alicyclic amines) is 1. The molecule has 1 aliphatic heterocycles. The number of para-hydroxylation sites is 1. The van der Waals surface area contributed by atoms with Crippen LogP contribution in [0.1, 0.15) is 42.9 Å². The van der Waals surface area contributed by atoms with Gasteiger partial charge in [-0.15, -0.1) is 0 Å². The van der Waals surface area contributed by atoms with E-state index >= 15 is 0 Å². The number of carbonyl (C=O) groups excluding carboxylic acids is 1. The molecule has 0 unspecified atom stereocenters. The zero-order valence-electron chi connectivity index (χ0n) is 18.5. The molecule has 0 spiro atoms. The second kappa shape index (κ2) is 10.8. The lowest BCUT2D eigenvalue weighted by Crippen LogP contribution is -2.40. The SMILES string of the molecule is CCc1ccccc1N(CC(=O)NCc1ccccc1CN1CCCCC1)S(C)(=O)=O. The quantitative estimate of drug-likeness (QED) is 0.646. The minimum Gasteiger partial charge on any atom is -0.350 e. The van der Waals surface area contributed by atoms with Gasteiger partial charge in [-0.3, -0.25) is 14.0 Å². The van der Waals surface area contributed by atoms with Crippen molar-refractivity contribution in [2.75, 3.05) is 30.2 Å². The van der Waals surface area contributed by atoms with Crippen molar-refractivity contribution in [1.82, 2.24) is 10.2 Å². The fraction of sp³-hybridized carbons (Fsp3) is 0.458.